The molecule has 0 fully saturated rings. The van der Waals surface area contributed by atoms with Crippen LogP contribution in [-0.2, 0) is 0 Å². The minimum absolute atomic E-state index is 0.289. The van der Waals surface area contributed by atoms with Crippen LogP contribution < -0.4 is 15.8 Å². The van der Waals surface area contributed by atoms with Gasteiger partial charge in [-0.25, -0.2) is 0 Å². The molecule has 0 atom stereocenters. The standard InChI is InChI=1S/C16H17BrN2O2/c1-3-21-13-9-5-7-11(18)14(13)16(20)19-12-8-4-6-10(2)15(12)17/h4-9H,3,18H2,1-2H3,(H,19,20). The summed E-state index contributed by atoms with van der Waals surface area (Å²) in [6, 6.07) is 10.9. The minimum atomic E-state index is -0.289. The highest BCUT2D eigenvalue weighted by Crippen LogP contribution is 2.29. The molecule has 0 heterocycles. The highest BCUT2D eigenvalue weighted by atomic mass is 79.9. The summed E-state index contributed by atoms with van der Waals surface area (Å²) in [5, 5.41) is 2.86. The monoisotopic (exact) mass is 348 g/mol. The van der Waals surface area contributed by atoms with Crippen molar-refractivity contribution < 1.29 is 9.53 Å². The first-order valence-corrected chi connectivity index (χ1v) is 7.41. The first kappa shape index (κ1) is 15.4. The third kappa shape index (κ3) is 3.36. The first-order valence-electron chi connectivity index (χ1n) is 6.62. The molecule has 2 aromatic carbocycles. The Balaban J connectivity index is 2.35. The van der Waals surface area contributed by atoms with E-state index in [1.165, 1.54) is 0 Å². The fourth-order valence-corrected chi connectivity index (χ4v) is 2.36. The molecular weight excluding hydrogens is 332 g/mol. The quantitative estimate of drug-likeness (QED) is 0.821. The summed E-state index contributed by atoms with van der Waals surface area (Å²) >= 11 is 3.47. The van der Waals surface area contributed by atoms with Crippen molar-refractivity contribution in [2.24, 2.45) is 0 Å². The molecule has 3 N–H and O–H groups in total. The van der Waals surface area contributed by atoms with E-state index >= 15 is 0 Å². The van der Waals surface area contributed by atoms with E-state index in [1.807, 2.05) is 32.0 Å². The van der Waals surface area contributed by atoms with Gasteiger partial charge in [-0.1, -0.05) is 18.2 Å². The number of halogens is 1. The van der Waals surface area contributed by atoms with E-state index < -0.39 is 0 Å². The van der Waals surface area contributed by atoms with Gasteiger partial charge in [0.25, 0.3) is 5.91 Å². The Morgan fingerprint density at radius 2 is 2.00 bits per heavy atom. The number of anilines is 2. The van der Waals surface area contributed by atoms with Crippen LogP contribution >= 0.6 is 15.9 Å². The van der Waals surface area contributed by atoms with Crippen molar-refractivity contribution in [1.82, 2.24) is 0 Å². The molecule has 0 bridgehead atoms. The number of nitrogens with two attached hydrogens (primary N) is 1. The van der Waals surface area contributed by atoms with Crippen LogP contribution in [0.15, 0.2) is 40.9 Å². The summed E-state index contributed by atoms with van der Waals surface area (Å²) in [6.07, 6.45) is 0. The van der Waals surface area contributed by atoms with Crippen LogP contribution in [0.5, 0.6) is 5.75 Å². The lowest BCUT2D eigenvalue weighted by molar-refractivity contribution is 0.102. The molecular formula is C16H17BrN2O2. The fourth-order valence-electron chi connectivity index (χ4n) is 2.00. The molecule has 5 heteroatoms. The number of carbonyl (C=O) groups excluding carboxylic acids is 1. The number of rotatable bonds is 4. The summed E-state index contributed by atoms with van der Waals surface area (Å²) in [6.45, 7) is 4.29. The van der Waals surface area contributed by atoms with Crippen LogP contribution in [0, 0.1) is 6.92 Å². The molecule has 0 unspecified atom stereocenters. The van der Waals surface area contributed by atoms with Gasteiger partial charge in [-0.3, -0.25) is 4.79 Å². The van der Waals surface area contributed by atoms with Crippen molar-refractivity contribution in [3.05, 3.63) is 52.0 Å². The van der Waals surface area contributed by atoms with Gasteiger partial charge in [0.15, 0.2) is 0 Å². The lowest BCUT2D eigenvalue weighted by Gasteiger charge is -2.14. The van der Waals surface area contributed by atoms with Crippen molar-refractivity contribution >= 4 is 33.2 Å². The third-order valence-corrected chi connectivity index (χ3v) is 4.08. The molecule has 0 spiro atoms. The third-order valence-electron chi connectivity index (χ3n) is 3.03. The van der Waals surface area contributed by atoms with E-state index in [0.29, 0.717) is 29.3 Å². The Morgan fingerprint density at radius 1 is 1.29 bits per heavy atom. The molecule has 0 aliphatic rings. The van der Waals surface area contributed by atoms with E-state index in [-0.39, 0.29) is 5.91 Å². The Morgan fingerprint density at radius 3 is 2.71 bits per heavy atom. The summed E-state index contributed by atoms with van der Waals surface area (Å²) in [5.74, 6) is 0.196. The molecule has 0 saturated carbocycles. The Kier molecular flexibility index (Phi) is 4.85. The van der Waals surface area contributed by atoms with Gasteiger partial charge in [-0.15, -0.1) is 0 Å². The second-order valence-corrected chi connectivity index (χ2v) is 5.34. The smallest absolute Gasteiger partial charge is 0.261 e. The highest BCUT2D eigenvalue weighted by Gasteiger charge is 2.17. The molecule has 0 aliphatic heterocycles. The van der Waals surface area contributed by atoms with Gasteiger partial charge in [0.05, 0.1) is 12.3 Å². The van der Waals surface area contributed by atoms with E-state index in [9.17, 15) is 4.79 Å². The molecule has 0 saturated heterocycles. The predicted octanol–water partition coefficient (Wildman–Crippen LogP) is 3.99. The number of amides is 1. The molecule has 21 heavy (non-hydrogen) atoms. The number of aryl methyl sites for hydroxylation is 1. The summed E-state index contributed by atoms with van der Waals surface area (Å²) < 4.78 is 6.33. The maximum absolute atomic E-state index is 12.5. The number of nitrogens with one attached hydrogen (secondary N) is 1. The zero-order valence-electron chi connectivity index (χ0n) is 11.9. The van der Waals surface area contributed by atoms with Gasteiger partial charge in [-0.05, 0) is 53.5 Å². The molecule has 2 aromatic rings. The van der Waals surface area contributed by atoms with Gasteiger partial charge < -0.3 is 15.8 Å². The summed E-state index contributed by atoms with van der Waals surface area (Å²) in [4.78, 5) is 12.5. The SMILES string of the molecule is CCOc1cccc(N)c1C(=O)Nc1cccc(C)c1Br. The predicted molar refractivity (Wildman–Crippen MR) is 88.9 cm³/mol. The van der Waals surface area contributed by atoms with Crippen LogP contribution in [0.1, 0.15) is 22.8 Å². The van der Waals surface area contributed by atoms with Crippen molar-refractivity contribution in [2.45, 2.75) is 13.8 Å². The second kappa shape index (κ2) is 6.63. The maximum atomic E-state index is 12.5. The molecule has 1 amide bonds. The Labute approximate surface area is 132 Å². The maximum Gasteiger partial charge on any atom is 0.261 e. The van der Waals surface area contributed by atoms with Crippen LogP contribution in [0.3, 0.4) is 0 Å². The number of hydrogen-bond acceptors (Lipinski definition) is 3. The van der Waals surface area contributed by atoms with E-state index in [4.69, 9.17) is 10.5 Å². The van der Waals surface area contributed by atoms with Crippen LogP contribution in [0.4, 0.5) is 11.4 Å². The topological polar surface area (TPSA) is 64.3 Å². The van der Waals surface area contributed by atoms with Gasteiger partial charge >= 0.3 is 0 Å². The van der Waals surface area contributed by atoms with E-state index in [0.717, 1.165) is 10.0 Å². The second-order valence-electron chi connectivity index (χ2n) is 4.54. The van der Waals surface area contributed by atoms with Crippen molar-refractivity contribution in [3.8, 4) is 5.75 Å². The van der Waals surface area contributed by atoms with Crippen LogP contribution in [0.25, 0.3) is 0 Å². The summed E-state index contributed by atoms with van der Waals surface area (Å²) in [5.41, 5.74) is 8.41. The van der Waals surface area contributed by atoms with Crippen LogP contribution in [-0.4, -0.2) is 12.5 Å². The van der Waals surface area contributed by atoms with Gasteiger partial charge in [0, 0.05) is 10.2 Å². The van der Waals surface area contributed by atoms with Crippen molar-refractivity contribution in [1.29, 1.82) is 0 Å². The Bertz CT molecular complexity index is 671. The van der Waals surface area contributed by atoms with Crippen molar-refractivity contribution in [2.75, 3.05) is 17.7 Å². The molecule has 110 valence electrons. The molecule has 0 radical (unpaired) electrons. The number of nitrogen functional groups attached to an aromatic ring is 1. The van der Waals surface area contributed by atoms with Gasteiger partial charge in [-0.2, -0.15) is 0 Å². The van der Waals surface area contributed by atoms with E-state index in [2.05, 4.69) is 21.2 Å². The molecule has 0 aromatic heterocycles. The normalized spacial score (nSPS) is 10.2. The number of hydrogen-bond donors (Lipinski definition) is 2. The first-order chi connectivity index (χ1) is 10.0. The Hall–Kier alpha value is -2.01. The highest BCUT2D eigenvalue weighted by molar-refractivity contribution is 9.10. The van der Waals surface area contributed by atoms with E-state index in [1.54, 1.807) is 18.2 Å². The molecule has 2 rings (SSSR count). The lowest BCUT2D eigenvalue weighted by Crippen LogP contribution is -2.16. The lowest BCUT2D eigenvalue weighted by atomic mass is 10.1. The average molecular weight is 349 g/mol. The molecule has 0 aliphatic carbocycles. The van der Waals surface area contributed by atoms with Gasteiger partial charge in [0.2, 0.25) is 0 Å². The summed E-state index contributed by atoms with van der Waals surface area (Å²) in [7, 11) is 0. The zero-order valence-corrected chi connectivity index (χ0v) is 13.5. The fraction of sp³-hybridized carbons (Fsp3) is 0.188. The number of ether oxygens (including phenoxy) is 1. The number of benzene rings is 2. The number of carbonyl (C=O) groups is 1. The van der Waals surface area contributed by atoms with Crippen LogP contribution in [0.2, 0.25) is 0 Å². The largest absolute Gasteiger partial charge is 0.493 e. The zero-order chi connectivity index (χ0) is 15.4. The molecule has 4 nitrogen and oxygen atoms in total. The van der Waals surface area contributed by atoms with Gasteiger partial charge in [0.1, 0.15) is 11.3 Å². The average Bonchev–Trinajstić information content (AvgIpc) is 2.44. The van der Waals surface area contributed by atoms with Crippen molar-refractivity contribution in [3.63, 3.8) is 0 Å². The minimum Gasteiger partial charge on any atom is -0.493 e.